The average Bonchev–Trinajstić information content (AvgIpc) is 2.52. The molecule has 0 saturated heterocycles. The zero-order valence-corrected chi connectivity index (χ0v) is 11.8. The van der Waals surface area contributed by atoms with Gasteiger partial charge >= 0.3 is 5.97 Å². The molecule has 114 valence electrons. The Kier molecular flexibility index (Phi) is 5.25. The van der Waals surface area contributed by atoms with E-state index in [9.17, 15) is 19.1 Å². The van der Waals surface area contributed by atoms with E-state index < -0.39 is 23.7 Å². The second kappa shape index (κ2) is 7.36. The second-order valence-electron chi connectivity index (χ2n) is 4.90. The lowest BCUT2D eigenvalue weighted by Gasteiger charge is -2.14. The largest absolute Gasteiger partial charge is 0.480 e. The molecule has 0 aliphatic rings. The minimum Gasteiger partial charge on any atom is -0.480 e. The van der Waals surface area contributed by atoms with Crippen LogP contribution in [0.4, 0.5) is 4.39 Å². The molecule has 2 N–H and O–H groups in total. The molecule has 1 amide bonds. The van der Waals surface area contributed by atoms with Gasteiger partial charge in [-0.1, -0.05) is 36.4 Å². The third-order valence-electron chi connectivity index (χ3n) is 3.25. The highest BCUT2D eigenvalue weighted by molar-refractivity contribution is 5.96. The highest BCUT2D eigenvalue weighted by atomic mass is 19.1. The van der Waals surface area contributed by atoms with E-state index in [-0.39, 0.29) is 12.0 Å². The number of hydrogen-bond donors (Lipinski definition) is 2. The van der Waals surface area contributed by atoms with Crippen molar-refractivity contribution in [1.29, 1.82) is 0 Å². The molecule has 0 saturated carbocycles. The molecule has 1 atom stereocenters. The smallest absolute Gasteiger partial charge is 0.326 e. The zero-order chi connectivity index (χ0) is 15.9. The van der Waals surface area contributed by atoms with Gasteiger partial charge in [0.25, 0.3) is 5.91 Å². The first-order valence-corrected chi connectivity index (χ1v) is 6.89. The summed E-state index contributed by atoms with van der Waals surface area (Å²) in [6.07, 6.45) is 0.793. The fourth-order valence-electron chi connectivity index (χ4n) is 2.08. The van der Waals surface area contributed by atoms with Crippen LogP contribution in [0.2, 0.25) is 0 Å². The van der Waals surface area contributed by atoms with Gasteiger partial charge in [-0.3, -0.25) is 4.79 Å². The Hall–Kier alpha value is -2.69. The lowest BCUT2D eigenvalue weighted by Crippen LogP contribution is -2.41. The Bertz CT molecular complexity index is 658. The summed E-state index contributed by atoms with van der Waals surface area (Å²) in [6, 6.07) is 13.5. The van der Waals surface area contributed by atoms with Crippen LogP contribution in [0.15, 0.2) is 54.6 Å². The number of rotatable bonds is 6. The van der Waals surface area contributed by atoms with Gasteiger partial charge in [0.05, 0.1) is 0 Å². The van der Waals surface area contributed by atoms with Crippen LogP contribution in [0.25, 0.3) is 0 Å². The summed E-state index contributed by atoms with van der Waals surface area (Å²) in [5, 5.41) is 11.6. The van der Waals surface area contributed by atoms with Gasteiger partial charge in [0.15, 0.2) is 0 Å². The van der Waals surface area contributed by atoms with Crippen molar-refractivity contribution in [2.24, 2.45) is 0 Å². The van der Waals surface area contributed by atoms with Gasteiger partial charge < -0.3 is 10.4 Å². The number of amides is 1. The quantitative estimate of drug-likeness (QED) is 0.862. The van der Waals surface area contributed by atoms with Crippen molar-refractivity contribution in [2.45, 2.75) is 18.9 Å². The lowest BCUT2D eigenvalue weighted by molar-refractivity contribution is -0.139. The molecule has 0 radical (unpaired) electrons. The van der Waals surface area contributed by atoms with Crippen LogP contribution in [0.5, 0.6) is 0 Å². The van der Waals surface area contributed by atoms with Crippen LogP contribution in [0.1, 0.15) is 22.3 Å². The summed E-state index contributed by atoms with van der Waals surface area (Å²) < 4.78 is 13.1. The maximum Gasteiger partial charge on any atom is 0.326 e. The number of halogens is 1. The monoisotopic (exact) mass is 301 g/mol. The molecule has 0 heterocycles. The molecule has 0 spiro atoms. The molecule has 0 fully saturated rings. The summed E-state index contributed by atoms with van der Waals surface area (Å²) in [4.78, 5) is 23.2. The van der Waals surface area contributed by atoms with E-state index in [1.165, 1.54) is 18.2 Å². The van der Waals surface area contributed by atoms with E-state index in [2.05, 4.69) is 5.32 Å². The molecular weight excluding hydrogens is 285 g/mol. The van der Waals surface area contributed by atoms with Crippen molar-refractivity contribution in [3.8, 4) is 0 Å². The van der Waals surface area contributed by atoms with Gasteiger partial charge in [-0.15, -0.1) is 0 Å². The van der Waals surface area contributed by atoms with Crippen molar-refractivity contribution in [3.05, 3.63) is 71.5 Å². The molecule has 2 rings (SSSR count). The Labute approximate surface area is 127 Å². The Morgan fingerprint density at radius 3 is 2.45 bits per heavy atom. The van der Waals surface area contributed by atoms with E-state index in [0.29, 0.717) is 6.42 Å². The number of aliphatic carboxylic acids is 1. The predicted molar refractivity (Wildman–Crippen MR) is 80.1 cm³/mol. The first-order chi connectivity index (χ1) is 10.6. The van der Waals surface area contributed by atoms with Crippen LogP contribution in [-0.2, 0) is 11.2 Å². The molecule has 4 nitrogen and oxygen atoms in total. The van der Waals surface area contributed by atoms with Gasteiger partial charge in [0.2, 0.25) is 0 Å². The molecule has 0 aliphatic heterocycles. The lowest BCUT2D eigenvalue weighted by atomic mass is 10.0. The number of aryl methyl sites for hydroxylation is 1. The molecule has 0 aliphatic carbocycles. The minimum absolute atomic E-state index is 0.103. The first-order valence-electron chi connectivity index (χ1n) is 6.89. The number of carboxylic acids is 1. The molecule has 2 aromatic carbocycles. The molecular formula is C17H16FNO3. The maximum absolute atomic E-state index is 13.1. The number of nitrogens with one attached hydrogen (secondary N) is 1. The van der Waals surface area contributed by atoms with E-state index in [0.717, 1.165) is 11.6 Å². The normalized spacial score (nSPS) is 11.7. The van der Waals surface area contributed by atoms with Crippen molar-refractivity contribution >= 4 is 11.9 Å². The van der Waals surface area contributed by atoms with Crippen molar-refractivity contribution < 1.29 is 19.1 Å². The highest BCUT2D eigenvalue weighted by Crippen LogP contribution is 2.08. The summed E-state index contributed by atoms with van der Waals surface area (Å²) >= 11 is 0. The van der Waals surface area contributed by atoms with Gasteiger partial charge in [-0.05, 0) is 36.6 Å². The zero-order valence-electron chi connectivity index (χ0n) is 11.8. The third-order valence-corrected chi connectivity index (χ3v) is 3.25. The van der Waals surface area contributed by atoms with Crippen LogP contribution in [0, 0.1) is 5.82 Å². The Balaban J connectivity index is 1.99. The van der Waals surface area contributed by atoms with Gasteiger partial charge in [0, 0.05) is 5.56 Å². The summed E-state index contributed by atoms with van der Waals surface area (Å²) in [6.45, 7) is 0. The molecule has 22 heavy (non-hydrogen) atoms. The Morgan fingerprint density at radius 2 is 1.82 bits per heavy atom. The van der Waals surface area contributed by atoms with Crippen LogP contribution in [0.3, 0.4) is 0 Å². The summed E-state index contributed by atoms with van der Waals surface area (Å²) in [5.74, 6) is -2.25. The molecule has 0 unspecified atom stereocenters. The second-order valence-corrected chi connectivity index (χ2v) is 4.90. The van der Waals surface area contributed by atoms with E-state index in [1.807, 2.05) is 30.3 Å². The van der Waals surface area contributed by atoms with Gasteiger partial charge in [0.1, 0.15) is 11.9 Å². The van der Waals surface area contributed by atoms with Crippen molar-refractivity contribution in [2.75, 3.05) is 0 Å². The van der Waals surface area contributed by atoms with E-state index in [4.69, 9.17) is 0 Å². The SMILES string of the molecule is O=C(N[C@@H](CCc1ccccc1)C(=O)O)c1cccc(F)c1. The molecule has 0 bridgehead atoms. The first kappa shape index (κ1) is 15.7. The number of benzene rings is 2. The minimum atomic E-state index is -1.11. The van der Waals surface area contributed by atoms with E-state index >= 15 is 0 Å². The van der Waals surface area contributed by atoms with Gasteiger partial charge in [-0.25, -0.2) is 9.18 Å². The van der Waals surface area contributed by atoms with Gasteiger partial charge in [-0.2, -0.15) is 0 Å². The van der Waals surface area contributed by atoms with Crippen LogP contribution in [-0.4, -0.2) is 23.0 Å². The number of carbonyl (C=O) groups is 2. The average molecular weight is 301 g/mol. The fraction of sp³-hybridized carbons (Fsp3) is 0.176. The summed E-state index contributed by atoms with van der Waals surface area (Å²) in [5.41, 5.74) is 1.10. The van der Waals surface area contributed by atoms with Crippen molar-refractivity contribution in [3.63, 3.8) is 0 Å². The third kappa shape index (κ3) is 4.41. The predicted octanol–water partition coefficient (Wildman–Crippen LogP) is 2.64. The van der Waals surface area contributed by atoms with E-state index in [1.54, 1.807) is 0 Å². The number of carboxylic acid groups (broad SMARTS) is 1. The maximum atomic E-state index is 13.1. The Morgan fingerprint density at radius 1 is 1.09 bits per heavy atom. The topological polar surface area (TPSA) is 66.4 Å². The molecule has 0 aromatic heterocycles. The molecule has 2 aromatic rings. The standard InChI is InChI=1S/C17H16FNO3/c18-14-8-4-7-13(11-14)16(20)19-15(17(21)22)10-9-12-5-2-1-3-6-12/h1-8,11,15H,9-10H2,(H,19,20)(H,21,22)/t15-/m0/s1. The van der Waals surface area contributed by atoms with Crippen molar-refractivity contribution in [1.82, 2.24) is 5.32 Å². The fourth-order valence-corrected chi connectivity index (χ4v) is 2.08. The van der Waals surface area contributed by atoms with Crippen LogP contribution < -0.4 is 5.32 Å². The molecule has 5 heteroatoms. The number of carbonyl (C=O) groups excluding carboxylic acids is 1. The van der Waals surface area contributed by atoms with Crippen LogP contribution >= 0.6 is 0 Å². The summed E-state index contributed by atoms with van der Waals surface area (Å²) in [7, 11) is 0. The highest BCUT2D eigenvalue weighted by Gasteiger charge is 2.20. The number of hydrogen-bond acceptors (Lipinski definition) is 2.